The van der Waals surface area contributed by atoms with E-state index in [0.29, 0.717) is 13.2 Å². The van der Waals surface area contributed by atoms with E-state index in [4.69, 9.17) is 9.47 Å². The molecule has 1 unspecified atom stereocenters. The van der Waals surface area contributed by atoms with Crippen LogP contribution in [0.1, 0.15) is 30.0 Å². The van der Waals surface area contributed by atoms with Crippen LogP contribution in [0, 0.1) is 0 Å². The molecular weight excluding hydrogens is 284 g/mol. The molecule has 23 heavy (non-hydrogen) atoms. The van der Waals surface area contributed by atoms with Gasteiger partial charge in [-0.1, -0.05) is 43.3 Å². The summed E-state index contributed by atoms with van der Waals surface area (Å²) in [4.78, 5) is 0. The highest BCUT2D eigenvalue weighted by atomic mass is 16.6. The lowest BCUT2D eigenvalue weighted by atomic mass is 9.73. The van der Waals surface area contributed by atoms with Crippen molar-refractivity contribution in [1.82, 2.24) is 0 Å². The molecule has 1 aliphatic carbocycles. The number of hydrogen-bond acceptors (Lipinski definition) is 2. The molecule has 116 valence electrons. The Morgan fingerprint density at radius 2 is 1.87 bits per heavy atom. The van der Waals surface area contributed by atoms with E-state index in [1.54, 1.807) is 0 Å². The average molecular weight is 304 g/mol. The van der Waals surface area contributed by atoms with E-state index < -0.39 is 0 Å². The fourth-order valence-corrected chi connectivity index (χ4v) is 3.76. The summed E-state index contributed by atoms with van der Waals surface area (Å²) in [5.74, 6) is 1.66. The van der Waals surface area contributed by atoms with Gasteiger partial charge in [-0.3, -0.25) is 0 Å². The number of rotatable bonds is 3. The highest BCUT2D eigenvalue weighted by molar-refractivity contribution is 5.96. The van der Waals surface area contributed by atoms with Crippen LogP contribution in [0.3, 0.4) is 0 Å². The first-order valence-electron chi connectivity index (χ1n) is 8.14. The van der Waals surface area contributed by atoms with Crippen molar-refractivity contribution >= 4 is 11.6 Å². The smallest absolute Gasteiger partial charge is 0.161 e. The van der Waals surface area contributed by atoms with Crippen LogP contribution in [0.2, 0.25) is 0 Å². The summed E-state index contributed by atoms with van der Waals surface area (Å²) >= 11 is 0. The van der Waals surface area contributed by atoms with E-state index in [1.807, 2.05) is 6.07 Å². The van der Waals surface area contributed by atoms with E-state index in [-0.39, 0.29) is 5.41 Å². The molecule has 2 nitrogen and oxygen atoms in total. The topological polar surface area (TPSA) is 18.5 Å². The molecule has 2 aromatic rings. The lowest BCUT2D eigenvalue weighted by Gasteiger charge is -2.30. The quantitative estimate of drug-likeness (QED) is 0.755. The van der Waals surface area contributed by atoms with E-state index in [9.17, 15) is 0 Å². The fourth-order valence-electron chi connectivity index (χ4n) is 3.76. The fraction of sp³-hybridized carbons (Fsp3) is 0.238. The normalized spacial score (nSPS) is 21.5. The minimum Gasteiger partial charge on any atom is -0.486 e. The van der Waals surface area contributed by atoms with Crippen LogP contribution in [-0.2, 0) is 5.41 Å². The third-order valence-electron chi connectivity index (χ3n) is 4.98. The Hall–Kier alpha value is -2.48. The zero-order chi connectivity index (χ0) is 15.9. The third-order valence-corrected chi connectivity index (χ3v) is 4.98. The van der Waals surface area contributed by atoms with Crippen molar-refractivity contribution in [3.05, 3.63) is 71.8 Å². The Bertz CT molecular complexity index is 803. The molecule has 1 aliphatic heterocycles. The second-order valence-electron chi connectivity index (χ2n) is 6.03. The van der Waals surface area contributed by atoms with Gasteiger partial charge in [-0.15, -0.1) is 6.58 Å². The van der Waals surface area contributed by atoms with Crippen molar-refractivity contribution in [3.63, 3.8) is 0 Å². The van der Waals surface area contributed by atoms with E-state index >= 15 is 0 Å². The van der Waals surface area contributed by atoms with Gasteiger partial charge in [-0.2, -0.15) is 0 Å². The zero-order valence-corrected chi connectivity index (χ0v) is 13.3. The zero-order valence-electron chi connectivity index (χ0n) is 13.3. The second kappa shape index (κ2) is 5.31. The summed E-state index contributed by atoms with van der Waals surface area (Å²) < 4.78 is 11.4. The molecule has 0 spiro atoms. The molecule has 0 N–H and O–H groups in total. The molecule has 2 aliphatic rings. The lowest BCUT2D eigenvalue weighted by Crippen LogP contribution is -2.22. The van der Waals surface area contributed by atoms with Gasteiger partial charge in [0.2, 0.25) is 0 Å². The Morgan fingerprint density at radius 1 is 1.09 bits per heavy atom. The van der Waals surface area contributed by atoms with Crippen molar-refractivity contribution in [3.8, 4) is 11.5 Å². The standard InChI is InChI=1S/C21H20O2/c1-3-21(4-2)17-8-6-5-7-15(17)13-18(21)16-9-10-19-20(14-16)23-12-11-22-19/h3,5-10,13-14H,1,4,11-12H2,2H3. The molecule has 0 aromatic heterocycles. The molecule has 2 aromatic carbocycles. The molecule has 0 bridgehead atoms. The molecule has 0 fully saturated rings. The van der Waals surface area contributed by atoms with Gasteiger partial charge in [-0.25, -0.2) is 0 Å². The maximum atomic E-state index is 5.76. The number of benzene rings is 2. The van der Waals surface area contributed by atoms with Crippen molar-refractivity contribution in [2.75, 3.05) is 13.2 Å². The largest absolute Gasteiger partial charge is 0.486 e. The summed E-state index contributed by atoms with van der Waals surface area (Å²) in [6.07, 6.45) is 5.35. The van der Waals surface area contributed by atoms with Crippen LogP contribution in [0.5, 0.6) is 11.5 Å². The van der Waals surface area contributed by atoms with E-state index in [2.05, 4.69) is 62.1 Å². The Labute approximate surface area is 137 Å². The molecule has 1 atom stereocenters. The minimum absolute atomic E-state index is 0.139. The number of fused-ring (bicyclic) bond motifs is 2. The van der Waals surface area contributed by atoms with Gasteiger partial charge in [0, 0.05) is 5.41 Å². The molecule has 1 heterocycles. The van der Waals surface area contributed by atoms with Crippen molar-refractivity contribution in [2.24, 2.45) is 0 Å². The number of allylic oxidation sites excluding steroid dienone is 2. The summed E-state index contributed by atoms with van der Waals surface area (Å²) in [5, 5.41) is 0. The van der Waals surface area contributed by atoms with E-state index in [0.717, 1.165) is 17.9 Å². The summed E-state index contributed by atoms with van der Waals surface area (Å²) in [6.45, 7) is 7.59. The van der Waals surface area contributed by atoms with Crippen molar-refractivity contribution < 1.29 is 9.47 Å². The third kappa shape index (κ3) is 2.02. The second-order valence-corrected chi connectivity index (χ2v) is 6.03. The first-order chi connectivity index (χ1) is 11.3. The van der Waals surface area contributed by atoms with Crippen LogP contribution in [0.15, 0.2) is 55.1 Å². The van der Waals surface area contributed by atoms with Crippen LogP contribution in [0.25, 0.3) is 11.6 Å². The van der Waals surface area contributed by atoms with Crippen LogP contribution in [-0.4, -0.2) is 13.2 Å². The predicted octanol–water partition coefficient (Wildman–Crippen LogP) is 4.85. The van der Waals surface area contributed by atoms with Crippen LogP contribution in [0.4, 0.5) is 0 Å². The first kappa shape index (κ1) is 14.1. The van der Waals surface area contributed by atoms with Crippen molar-refractivity contribution in [2.45, 2.75) is 18.8 Å². The molecular formula is C21H20O2. The minimum atomic E-state index is -0.139. The van der Waals surface area contributed by atoms with Gasteiger partial charge < -0.3 is 9.47 Å². The van der Waals surface area contributed by atoms with E-state index in [1.165, 1.54) is 22.3 Å². The van der Waals surface area contributed by atoms with Gasteiger partial charge in [-0.05, 0) is 46.9 Å². The van der Waals surface area contributed by atoms with Gasteiger partial charge in [0.25, 0.3) is 0 Å². The van der Waals surface area contributed by atoms with Crippen LogP contribution >= 0.6 is 0 Å². The molecule has 0 saturated carbocycles. The maximum absolute atomic E-state index is 5.76. The Morgan fingerprint density at radius 3 is 2.65 bits per heavy atom. The molecule has 4 rings (SSSR count). The Balaban J connectivity index is 1.87. The molecule has 0 saturated heterocycles. The monoisotopic (exact) mass is 304 g/mol. The Kier molecular flexibility index (Phi) is 3.26. The SMILES string of the molecule is C=CC1(CC)C(c2ccc3c(c2)OCCO3)=Cc2ccccc21. The highest BCUT2D eigenvalue weighted by Crippen LogP contribution is 2.50. The lowest BCUT2D eigenvalue weighted by molar-refractivity contribution is 0.171. The first-order valence-corrected chi connectivity index (χ1v) is 8.14. The van der Waals surface area contributed by atoms with Crippen molar-refractivity contribution in [1.29, 1.82) is 0 Å². The maximum Gasteiger partial charge on any atom is 0.161 e. The van der Waals surface area contributed by atoms with Crippen LogP contribution < -0.4 is 9.47 Å². The summed E-state index contributed by atoms with van der Waals surface area (Å²) in [6, 6.07) is 14.8. The van der Waals surface area contributed by atoms with Gasteiger partial charge >= 0.3 is 0 Å². The number of hydrogen-bond donors (Lipinski definition) is 0. The molecule has 0 amide bonds. The summed E-state index contributed by atoms with van der Waals surface area (Å²) in [5.41, 5.74) is 4.93. The summed E-state index contributed by atoms with van der Waals surface area (Å²) in [7, 11) is 0. The molecule has 0 radical (unpaired) electrons. The van der Waals surface area contributed by atoms with Gasteiger partial charge in [0.1, 0.15) is 13.2 Å². The average Bonchev–Trinajstić information content (AvgIpc) is 2.96. The van der Waals surface area contributed by atoms with Gasteiger partial charge in [0.05, 0.1) is 0 Å². The molecule has 2 heteroatoms. The number of ether oxygens (including phenoxy) is 2. The van der Waals surface area contributed by atoms with Gasteiger partial charge in [0.15, 0.2) is 11.5 Å². The predicted molar refractivity (Wildman–Crippen MR) is 93.9 cm³/mol. The highest BCUT2D eigenvalue weighted by Gasteiger charge is 2.38.